The minimum Gasteiger partial charge on any atom is -0.361 e. The topological polar surface area (TPSA) is 62.5 Å². The number of hydrogen-bond acceptors (Lipinski definition) is 5. The van der Waals surface area contributed by atoms with Crippen LogP contribution in [0.15, 0.2) is 59.3 Å². The highest BCUT2D eigenvalue weighted by molar-refractivity contribution is 5.83. The Kier molecular flexibility index (Phi) is 6.18. The first-order chi connectivity index (χ1) is 14.9. The first-order valence-corrected chi connectivity index (χ1v) is 10.8. The highest BCUT2D eigenvalue weighted by Crippen LogP contribution is 2.36. The molecule has 1 aromatic carbocycles. The van der Waals surface area contributed by atoms with Gasteiger partial charge in [0.05, 0.1) is 11.1 Å². The second-order valence-corrected chi connectivity index (χ2v) is 8.84. The molecule has 0 bridgehead atoms. The van der Waals surface area contributed by atoms with E-state index in [2.05, 4.69) is 34.1 Å². The van der Waals surface area contributed by atoms with Crippen molar-refractivity contribution in [1.29, 1.82) is 0 Å². The van der Waals surface area contributed by atoms with Crippen molar-refractivity contribution in [2.75, 3.05) is 27.2 Å². The van der Waals surface area contributed by atoms with Crippen molar-refractivity contribution in [2.45, 2.75) is 32.7 Å². The molecule has 6 heteroatoms. The Morgan fingerprint density at radius 1 is 1.19 bits per heavy atom. The Morgan fingerprint density at radius 3 is 2.71 bits per heavy atom. The van der Waals surface area contributed by atoms with Crippen LogP contribution in [0.2, 0.25) is 0 Å². The maximum absolute atomic E-state index is 13.4. The van der Waals surface area contributed by atoms with Gasteiger partial charge < -0.3 is 9.42 Å². The molecular formula is C25H30N4O2. The number of rotatable bonds is 6. The van der Waals surface area contributed by atoms with E-state index in [0.29, 0.717) is 13.0 Å². The molecule has 1 saturated heterocycles. The van der Waals surface area contributed by atoms with Crippen LogP contribution >= 0.6 is 0 Å². The summed E-state index contributed by atoms with van der Waals surface area (Å²) in [7, 11) is 3.67. The van der Waals surface area contributed by atoms with Crippen LogP contribution in [0, 0.1) is 12.3 Å². The fourth-order valence-corrected chi connectivity index (χ4v) is 4.54. The molecule has 3 heterocycles. The van der Waals surface area contributed by atoms with Gasteiger partial charge in [0.2, 0.25) is 5.91 Å². The van der Waals surface area contributed by atoms with Crippen molar-refractivity contribution in [1.82, 2.24) is 19.9 Å². The van der Waals surface area contributed by atoms with Crippen LogP contribution < -0.4 is 0 Å². The van der Waals surface area contributed by atoms with Crippen LogP contribution in [0.3, 0.4) is 0 Å². The van der Waals surface area contributed by atoms with Crippen molar-refractivity contribution in [3.05, 3.63) is 71.7 Å². The first-order valence-electron chi connectivity index (χ1n) is 10.8. The largest absolute Gasteiger partial charge is 0.361 e. The second kappa shape index (κ2) is 9.02. The number of aryl methyl sites for hydroxylation is 1. The minimum atomic E-state index is -0.527. The molecule has 1 aliphatic rings. The minimum absolute atomic E-state index is 0.145. The van der Waals surface area contributed by atoms with Crippen molar-refractivity contribution in [3.8, 4) is 11.3 Å². The van der Waals surface area contributed by atoms with Gasteiger partial charge in [-0.05, 0) is 38.4 Å². The van der Waals surface area contributed by atoms with Crippen molar-refractivity contribution >= 4 is 5.91 Å². The number of amides is 1. The van der Waals surface area contributed by atoms with Gasteiger partial charge in [0.25, 0.3) is 0 Å². The zero-order valence-corrected chi connectivity index (χ0v) is 18.5. The molecule has 31 heavy (non-hydrogen) atoms. The van der Waals surface area contributed by atoms with Crippen LogP contribution in [0.25, 0.3) is 11.3 Å². The van der Waals surface area contributed by atoms with Crippen molar-refractivity contribution < 1.29 is 9.32 Å². The molecule has 1 atom stereocenters. The van der Waals surface area contributed by atoms with Gasteiger partial charge in [-0.1, -0.05) is 41.1 Å². The highest BCUT2D eigenvalue weighted by Gasteiger charge is 2.44. The van der Waals surface area contributed by atoms with Gasteiger partial charge in [-0.3, -0.25) is 14.7 Å². The predicted octanol–water partition coefficient (Wildman–Crippen LogP) is 3.96. The summed E-state index contributed by atoms with van der Waals surface area (Å²) in [5, 5.41) is 4.28. The van der Waals surface area contributed by atoms with Gasteiger partial charge in [0.1, 0.15) is 11.5 Å². The molecule has 0 saturated carbocycles. The lowest BCUT2D eigenvalue weighted by Gasteiger charge is -2.42. The number of piperidine rings is 1. The second-order valence-electron chi connectivity index (χ2n) is 8.84. The number of likely N-dealkylation sites (tertiary alicyclic amines) is 1. The average molecular weight is 419 g/mol. The zero-order valence-electron chi connectivity index (χ0n) is 18.5. The Morgan fingerprint density at radius 2 is 2.00 bits per heavy atom. The number of carbonyl (C=O) groups is 1. The third-order valence-corrected chi connectivity index (χ3v) is 6.05. The molecule has 2 aromatic heterocycles. The molecule has 4 rings (SSSR count). The molecular weight excluding hydrogens is 388 g/mol. The lowest BCUT2D eigenvalue weighted by atomic mass is 9.75. The maximum atomic E-state index is 13.4. The van der Waals surface area contributed by atoms with E-state index in [1.165, 1.54) is 5.56 Å². The summed E-state index contributed by atoms with van der Waals surface area (Å²) in [4.78, 5) is 21.9. The summed E-state index contributed by atoms with van der Waals surface area (Å²) in [6.45, 7) is 4.45. The third-order valence-electron chi connectivity index (χ3n) is 6.05. The first kappa shape index (κ1) is 21.2. The third kappa shape index (κ3) is 4.85. The van der Waals surface area contributed by atoms with E-state index < -0.39 is 5.41 Å². The SMILES string of the molecule is Cc1ccc(-c2cc(C[C@]3(C(=O)N(C)C)CCCN(Cc4ccccn4)C3)on2)cc1. The predicted molar refractivity (Wildman–Crippen MR) is 120 cm³/mol. The molecule has 0 spiro atoms. The van der Waals surface area contributed by atoms with E-state index in [4.69, 9.17) is 4.52 Å². The summed E-state index contributed by atoms with van der Waals surface area (Å²) in [6, 6.07) is 16.2. The summed E-state index contributed by atoms with van der Waals surface area (Å²) < 4.78 is 5.71. The van der Waals surface area contributed by atoms with E-state index >= 15 is 0 Å². The standard InChI is InChI=1S/C25H30N4O2/c1-19-8-10-20(11-9-19)23-15-22(31-27-23)16-25(24(30)28(2)3)12-6-14-29(18-25)17-21-7-4-5-13-26-21/h4-5,7-11,13,15H,6,12,14,16-18H2,1-3H3/t25-/m1/s1. The van der Waals surface area contributed by atoms with Crippen molar-refractivity contribution in [2.24, 2.45) is 5.41 Å². The summed E-state index contributed by atoms with van der Waals surface area (Å²) in [5.74, 6) is 0.900. The Balaban J connectivity index is 1.56. The van der Waals surface area contributed by atoms with E-state index in [-0.39, 0.29) is 5.91 Å². The van der Waals surface area contributed by atoms with Crippen LogP contribution in [-0.2, 0) is 17.8 Å². The smallest absolute Gasteiger partial charge is 0.230 e. The molecule has 3 aromatic rings. The fourth-order valence-electron chi connectivity index (χ4n) is 4.54. The summed E-state index contributed by atoms with van der Waals surface area (Å²) >= 11 is 0. The number of carbonyl (C=O) groups excluding carboxylic acids is 1. The van der Waals surface area contributed by atoms with E-state index in [1.807, 2.05) is 56.7 Å². The van der Waals surface area contributed by atoms with E-state index in [0.717, 1.165) is 48.6 Å². The van der Waals surface area contributed by atoms with Crippen LogP contribution in [0.5, 0.6) is 0 Å². The number of benzene rings is 1. The maximum Gasteiger partial charge on any atom is 0.230 e. The van der Waals surface area contributed by atoms with Gasteiger partial charge in [-0.2, -0.15) is 0 Å². The molecule has 1 aliphatic heterocycles. The lowest BCUT2D eigenvalue weighted by Crippen LogP contribution is -2.52. The molecule has 0 aliphatic carbocycles. The molecule has 0 N–H and O–H groups in total. The van der Waals surface area contributed by atoms with Crippen molar-refractivity contribution in [3.63, 3.8) is 0 Å². The van der Waals surface area contributed by atoms with E-state index in [1.54, 1.807) is 4.90 Å². The molecule has 1 amide bonds. The highest BCUT2D eigenvalue weighted by atomic mass is 16.5. The fraction of sp³-hybridized carbons (Fsp3) is 0.400. The molecule has 162 valence electrons. The zero-order chi connectivity index (χ0) is 21.8. The van der Waals surface area contributed by atoms with Gasteiger partial charge in [-0.25, -0.2) is 0 Å². The Hall–Kier alpha value is -2.99. The normalized spacial score (nSPS) is 19.3. The van der Waals surface area contributed by atoms with Gasteiger partial charge in [0.15, 0.2) is 0 Å². The van der Waals surface area contributed by atoms with Crippen LogP contribution in [0.1, 0.15) is 29.9 Å². The van der Waals surface area contributed by atoms with E-state index in [9.17, 15) is 4.79 Å². The van der Waals surface area contributed by atoms with Gasteiger partial charge >= 0.3 is 0 Å². The average Bonchev–Trinajstić information content (AvgIpc) is 3.22. The van der Waals surface area contributed by atoms with Gasteiger partial charge in [-0.15, -0.1) is 0 Å². The molecule has 6 nitrogen and oxygen atoms in total. The number of hydrogen-bond donors (Lipinski definition) is 0. The number of nitrogens with zero attached hydrogens (tertiary/aromatic N) is 4. The van der Waals surface area contributed by atoms with Gasteiger partial charge in [0, 0.05) is 51.4 Å². The summed E-state index contributed by atoms with van der Waals surface area (Å²) in [5.41, 5.74) is 3.54. The molecule has 1 fully saturated rings. The Bertz CT molecular complexity index is 1010. The summed E-state index contributed by atoms with van der Waals surface area (Å²) in [6.07, 6.45) is 4.16. The Labute approximate surface area is 183 Å². The van der Waals surface area contributed by atoms with Crippen LogP contribution in [0.4, 0.5) is 0 Å². The quantitative estimate of drug-likeness (QED) is 0.606. The lowest BCUT2D eigenvalue weighted by molar-refractivity contribution is -0.143. The number of aromatic nitrogens is 2. The molecule has 0 unspecified atom stereocenters. The monoisotopic (exact) mass is 418 g/mol. The van der Waals surface area contributed by atoms with Crippen LogP contribution in [-0.4, -0.2) is 53.0 Å². The molecule has 0 radical (unpaired) electrons. The number of pyridine rings is 1.